The molecule has 3 rings (SSSR count). The third-order valence-corrected chi connectivity index (χ3v) is 3.86. The van der Waals surface area contributed by atoms with Crippen molar-refractivity contribution < 1.29 is 0 Å². The van der Waals surface area contributed by atoms with Gasteiger partial charge in [0.05, 0.1) is 0 Å². The van der Waals surface area contributed by atoms with Gasteiger partial charge in [-0.05, 0) is 23.3 Å². The predicted molar refractivity (Wildman–Crippen MR) is 62.4 cm³/mol. The summed E-state index contributed by atoms with van der Waals surface area (Å²) in [6, 6.07) is 10.8. The van der Waals surface area contributed by atoms with Gasteiger partial charge < -0.3 is 0 Å². The first-order chi connectivity index (χ1) is 7.38. The molecule has 0 unspecified atom stereocenters. The number of allylic oxidation sites excluding steroid dienone is 1. The first kappa shape index (κ1) is 9.17. The van der Waals surface area contributed by atoms with Gasteiger partial charge in [-0.15, -0.1) is 6.58 Å². The van der Waals surface area contributed by atoms with Crippen molar-refractivity contribution in [2.75, 3.05) is 13.1 Å². The lowest BCUT2D eigenvalue weighted by Crippen LogP contribution is -2.23. The van der Waals surface area contributed by atoms with Crippen molar-refractivity contribution in [2.45, 2.75) is 6.54 Å². The molecule has 1 aromatic carbocycles. The van der Waals surface area contributed by atoms with Gasteiger partial charge in [-0.3, -0.25) is 4.90 Å². The Hall–Kier alpha value is -1.08. The van der Waals surface area contributed by atoms with Gasteiger partial charge in [-0.2, -0.15) is 0 Å². The van der Waals surface area contributed by atoms with Gasteiger partial charge in [0, 0.05) is 19.6 Å². The van der Waals surface area contributed by atoms with E-state index in [-0.39, 0.29) is 0 Å². The summed E-state index contributed by atoms with van der Waals surface area (Å²) in [5, 5.41) is 0. The van der Waals surface area contributed by atoms with Crippen LogP contribution in [0.2, 0.25) is 0 Å². The van der Waals surface area contributed by atoms with Gasteiger partial charge in [0.15, 0.2) is 0 Å². The molecule has 0 spiro atoms. The second kappa shape index (κ2) is 3.49. The zero-order chi connectivity index (χ0) is 10.3. The highest BCUT2D eigenvalue weighted by molar-refractivity contribution is 5.17. The van der Waals surface area contributed by atoms with Gasteiger partial charge in [-0.25, -0.2) is 0 Å². The Bertz CT molecular complexity index is 345. The zero-order valence-electron chi connectivity index (χ0n) is 8.97. The van der Waals surface area contributed by atoms with Crippen LogP contribution in [0.3, 0.4) is 0 Å². The lowest BCUT2D eigenvalue weighted by molar-refractivity contribution is 0.286. The highest BCUT2D eigenvalue weighted by Gasteiger charge is 2.53. The Morgan fingerprint density at radius 3 is 2.47 bits per heavy atom. The average Bonchev–Trinajstić information content (AvgIpc) is 2.75. The Morgan fingerprint density at radius 1 is 1.20 bits per heavy atom. The first-order valence-electron chi connectivity index (χ1n) is 5.77. The molecule has 2 fully saturated rings. The zero-order valence-corrected chi connectivity index (χ0v) is 8.97. The van der Waals surface area contributed by atoms with Gasteiger partial charge in [0.2, 0.25) is 0 Å². The molecule has 1 saturated carbocycles. The quantitative estimate of drug-likeness (QED) is 0.676. The highest BCUT2D eigenvalue weighted by Crippen LogP contribution is 2.52. The van der Waals surface area contributed by atoms with Crippen molar-refractivity contribution in [1.29, 1.82) is 0 Å². The van der Waals surface area contributed by atoms with Crippen LogP contribution in [0, 0.1) is 17.8 Å². The monoisotopic (exact) mass is 199 g/mol. The third kappa shape index (κ3) is 1.61. The fourth-order valence-corrected chi connectivity index (χ4v) is 2.98. The molecule has 0 amide bonds. The second-order valence-corrected chi connectivity index (χ2v) is 4.82. The van der Waals surface area contributed by atoms with Crippen molar-refractivity contribution in [3.8, 4) is 0 Å². The minimum Gasteiger partial charge on any atom is -0.298 e. The molecule has 78 valence electrons. The van der Waals surface area contributed by atoms with Crippen LogP contribution in [0.15, 0.2) is 43.0 Å². The second-order valence-electron chi connectivity index (χ2n) is 4.82. The van der Waals surface area contributed by atoms with Gasteiger partial charge in [0.25, 0.3) is 0 Å². The molecule has 1 heteroatoms. The van der Waals surface area contributed by atoms with E-state index in [9.17, 15) is 0 Å². The molecule has 2 aliphatic rings. The van der Waals surface area contributed by atoms with Crippen molar-refractivity contribution >= 4 is 0 Å². The molecule has 3 atom stereocenters. The lowest BCUT2D eigenvalue weighted by atomic mass is 10.2. The summed E-state index contributed by atoms with van der Waals surface area (Å²) in [4.78, 5) is 2.57. The third-order valence-electron chi connectivity index (χ3n) is 3.86. The molecule has 1 heterocycles. The molecule has 1 aliphatic heterocycles. The maximum Gasteiger partial charge on any atom is 0.0233 e. The number of hydrogen-bond acceptors (Lipinski definition) is 1. The molecule has 1 saturated heterocycles. The van der Waals surface area contributed by atoms with Crippen LogP contribution in [0.25, 0.3) is 0 Å². The maximum atomic E-state index is 3.90. The van der Waals surface area contributed by atoms with Gasteiger partial charge >= 0.3 is 0 Å². The Balaban J connectivity index is 1.58. The Morgan fingerprint density at radius 2 is 1.87 bits per heavy atom. The number of rotatable bonds is 3. The highest BCUT2D eigenvalue weighted by atomic mass is 15.2. The molecule has 1 aliphatic carbocycles. The summed E-state index contributed by atoms with van der Waals surface area (Å²) < 4.78 is 0. The molecule has 1 nitrogen and oxygen atoms in total. The van der Waals surface area contributed by atoms with Crippen LogP contribution in [-0.2, 0) is 6.54 Å². The van der Waals surface area contributed by atoms with E-state index in [1.165, 1.54) is 18.7 Å². The molecule has 15 heavy (non-hydrogen) atoms. The van der Waals surface area contributed by atoms with E-state index in [0.29, 0.717) is 0 Å². The minimum absolute atomic E-state index is 0.831. The van der Waals surface area contributed by atoms with Crippen LogP contribution in [0.4, 0.5) is 0 Å². The van der Waals surface area contributed by atoms with Gasteiger partial charge in [-0.1, -0.05) is 36.4 Å². The largest absolute Gasteiger partial charge is 0.298 e. The molecule has 0 N–H and O–H groups in total. The van der Waals surface area contributed by atoms with Crippen LogP contribution in [-0.4, -0.2) is 18.0 Å². The summed E-state index contributed by atoms with van der Waals surface area (Å²) >= 11 is 0. The number of nitrogens with zero attached hydrogens (tertiary/aromatic N) is 1. The fourth-order valence-electron chi connectivity index (χ4n) is 2.98. The SMILES string of the molecule is C=C[C@@H]1[C@H]2CN(Cc3ccccc3)C[C@@H]12. The van der Waals surface area contributed by atoms with Crippen molar-refractivity contribution in [1.82, 2.24) is 4.90 Å². The molecule has 0 radical (unpaired) electrons. The molecular weight excluding hydrogens is 182 g/mol. The lowest BCUT2D eigenvalue weighted by Gasteiger charge is -2.18. The number of likely N-dealkylation sites (tertiary alicyclic amines) is 1. The van der Waals surface area contributed by atoms with Crippen LogP contribution >= 0.6 is 0 Å². The van der Waals surface area contributed by atoms with E-state index in [2.05, 4.69) is 47.9 Å². The smallest absolute Gasteiger partial charge is 0.0233 e. The standard InChI is InChI=1S/C14H17N/c1-2-12-13-9-15(10-14(12)13)8-11-6-4-3-5-7-11/h2-7,12-14H,1,8-10H2/t12-,13-,14+. The maximum absolute atomic E-state index is 3.90. The number of hydrogen-bond donors (Lipinski definition) is 0. The topological polar surface area (TPSA) is 3.24 Å². The predicted octanol–water partition coefficient (Wildman–Crippen LogP) is 2.55. The summed E-state index contributed by atoms with van der Waals surface area (Å²) in [6.45, 7) is 7.57. The summed E-state index contributed by atoms with van der Waals surface area (Å²) in [6.07, 6.45) is 2.15. The Kier molecular flexibility index (Phi) is 2.14. The van der Waals surface area contributed by atoms with Crippen molar-refractivity contribution in [2.24, 2.45) is 17.8 Å². The van der Waals surface area contributed by atoms with Gasteiger partial charge in [0.1, 0.15) is 0 Å². The average molecular weight is 199 g/mol. The minimum atomic E-state index is 0.831. The fraction of sp³-hybridized carbons (Fsp3) is 0.429. The van der Waals surface area contributed by atoms with Crippen LogP contribution in [0.1, 0.15) is 5.56 Å². The van der Waals surface area contributed by atoms with E-state index in [4.69, 9.17) is 0 Å². The molecule has 0 bridgehead atoms. The first-order valence-corrected chi connectivity index (χ1v) is 5.77. The number of benzene rings is 1. The van der Waals surface area contributed by atoms with E-state index in [0.717, 1.165) is 24.3 Å². The van der Waals surface area contributed by atoms with E-state index in [1.54, 1.807) is 0 Å². The van der Waals surface area contributed by atoms with E-state index in [1.807, 2.05) is 0 Å². The molecule has 1 aromatic rings. The normalized spacial score (nSPS) is 33.7. The number of fused-ring (bicyclic) bond motifs is 1. The van der Waals surface area contributed by atoms with Crippen molar-refractivity contribution in [3.05, 3.63) is 48.6 Å². The van der Waals surface area contributed by atoms with Crippen LogP contribution < -0.4 is 0 Å². The van der Waals surface area contributed by atoms with E-state index >= 15 is 0 Å². The number of piperidine rings is 1. The molecule has 0 aromatic heterocycles. The molecular formula is C14H17N. The summed E-state index contributed by atoms with van der Waals surface area (Å²) in [5.41, 5.74) is 1.44. The van der Waals surface area contributed by atoms with Crippen molar-refractivity contribution in [3.63, 3.8) is 0 Å². The summed E-state index contributed by atoms with van der Waals surface area (Å²) in [5.74, 6) is 2.68. The summed E-state index contributed by atoms with van der Waals surface area (Å²) in [7, 11) is 0. The Labute approximate surface area is 91.4 Å². The van der Waals surface area contributed by atoms with Crippen LogP contribution in [0.5, 0.6) is 0 Å². The van der Waals surface area contributed by atoms with E-state index < -0.39 is 0 Å².